The number of esters is 2. The SMILES string of the molecule is COC(=O)c1ccc(F)c(COc2nsc(S(C)(=O)=O)c2C(=O)OC)c1. The van der Waals surface area contributed by atoms with E-state index in [1.54, 1.807) is 0 Å². The molecular formula is C15H14FNO7S2. The lowest BCUT2D eigenvalue weighted by molar-refractivity contribution is 0.0587. The summed E-state index contributed by atoms with van der Waals surface area (Å²) in [5.41, 5.74) is -0.252. The van der Waals surface area contributed by atoms with Crippen LogP contribution >= 0.6 is 11.5 Å². The summed E-state index contributed by atoms with van der Waals surface area (Å²) in [5, 5.41) is 0. The van der Waals surface area contributed by atoms with Gasteiger partial charge in [0.25, 0.3) is 0 Å². The highest BCUT2D eigenvalue weighted by Crippen LogP contribution is 2.31. The molecule has 1 heterocycles. The lowest BCUT2D eigenvalue weighted by Crippen LogP contribution is -2.10. The Labute approximate surface area is 152 Å². The van der Waals surface area contributed by atoms with E-state index in [0.717, 1.165) is 19.4 Å². The van der Waals surface area contributed by atoms with Crippen molar-refractivity contribution in [3.05, 3.63) is 40.7 Å². The molecule has 0 fully saturated rings. The summed E-state index contributed by atoms with van der Waals surface area (Å²) in [7, 11) is -1.47. The van der Waals surface area contributed by atoms with Crippen molar-refractivity contribution in [2.75, 3.05) is 20.5 Å². The summed E-state index contributed by atoms with van der Waals surface area (Å²) in [6.07, 6.45) is 0.913. The van der Waals surface area contributed by atoms with Crippen LogP contribution in [0.25, 0.3) is 0 Å². The molecule has 0 bridgehead atoms. The second-order valence-electron chi connectivity index (χ2n) is 5.00. The Bertz CT molecular complexity index is 953. The molecule has 0 aliphatic carbocycles. The maximum atomic E-state index is 13.9. The highest BCUT2D eigenvalue weighted by Gasteiger charge is 2.29. The molecule has 0 radical (unpaired) electrons. The van der Waals surface area contributed by atoms with E-state index in [4.69, 9.17) is 4.74 Å². The number of carbonyl (C=O) groups is 2. The van der Waals surface area contributed by atoms with Crippen molar-refractivity contribution in [1.82, 2.24) is 4.37 Å². The number of halogens is 1. The highest BCUT2D eigenvalue weighted by atomic mass is 32.2. The topological polar surface area (TPSA) is 109 Å². The van der Waals surface area contributed by atoms with Crippen LogP contribution in [0, 0.1) is 5.82 Å². The zero-order valence-corrected chi connectivity index (χ0v) is 15.6. The van der Waals surface area contributed by atoms with Crippen LogP contribution in [-0.4, -0.2) is 45.2 Å². The van der Waals surface area contributed by atoms with Gasteiger partial charge in [0, 0.05) is 11.8 Å². The van der Waals surface area contributed by atoms with Crippen LogP contribution in [0.15, 0.2) is 22.4 Å². The first-order valence-electron chi connectivity index (χ1n) is 6.96. The maximum absolute atomic E-state index is 13.9. The lowest BCUT2D eigenvalue weighted by atomic mass is 10.1. The Kier molecular flexibility index (Phi) is 5.93. The summed E-state index contributed by atoms with van der Waals surface area (Å²) < 4.78 is 55.4. The lowest BCUT2D eigenvalue weighted by Gasteiger charge is -2.08. The van der Waals surface area contributed by atoms with Gasteiger partial charge in [0.1, 0.15) is 12.4 Å². The molecule has 0 aliphatic rings. The molecule has 1 aromatic heterocycles. The Morgan fingerprint density at radius 2 is 1.85 bits per heavy atom. The van der Waals surface area contributed by atoms with E-state index in [-0.39, 0.29) is 26.8 Å². The fourth-order valence-corrected chi connectivity index (χ4v) is 3.73. The average molecular weight is 403 g/mol. The number of aromatic nitrogens is 1. The van der Waals surface area contributed by atoms with Gasteiger partial charge < -0.3 is 14.2 Å². The van der Waals surface area contributed by atoms with E-state index >= 15 is 0 Å². The third kappa shape index (κ3) is 4.17. The van der Waals surface area contributed by atoms with Gasteiger partial charge in [-0.25, -0.2) is 22.4 Å². The number of sulfone groups is 1. The van der Waals surface area contributed by atoms with Gasteiger partial charge in [-0.15, -0.1) is 0 Å². The van der Waals surface area contributed by atoms with Crippen LogP contribution in [-0.2, 0) is 25.9 Å². The van der Waals surface area contributed by atoms with Crippen molar-refractivity contribution in [3.63, 3.8) is 0 Å². The van der Waals surface area contributed by atoms with Crippen molar-refractivity contribution in [2.45, 2.75) is 10.8 Å². The van der Waals surface area contributed by atoms with E-state index in [9.17, 15) is 22.4 Å². The summed E-state index contributed by atoms with van der Waals surface area (Å²) in [5.74, 6) is -2.56. The van der Waals surface area contributed by atoms with Crippen LogP contribution in [0.1, 0.15) is 26.3 Å². The van der Waals surface area contributed by atoms with Crippen molar-refractivity contribution in [2.24, 2.45) is 0 Å². The van der Waals surface area contributed by atoms with Crippen LogP contribution in [0.2, 0.25) is 0 Å². The summed E-state index contributed by atoms with van der Waals surface area (Å²) >= 11 is 0.546. The largest absolute Gasteiger partial charge is 0.471 e. The quantitative estimate of drug-likeness (QED) is 0.672. The van der Waals surface area contributed by atoms with E-state index in [2.05, 4.69) is 13.8 Å². The molecule has 140 valence electrons. The van der Waals surface area contributed by atoms with E-state index in [1.807, 2.05) is 0 Å². The Morgan fingerprint density at radius 3 is 2.42 bits per heavy atom. The second-order valence-corrected chi connectivity index (χ2v) is 7.98. The molecule has 0 amide bonds. The number of hydrogen-bond acceptors (Lipinski definition) is 9. The first kappa shape index (κ1) is 19.8. The molecule has 0 N–H and O–H groups in total. The van der Waals surface area contributed by atoms with Crippen molar-refractivity contribution >= 4 is 33.3 Å². The standard InChI is InChI=1S/C15H14FNO7S2/c1-22-13(18)8-4-5-10(16)9(6-8)7-24-12-11(14(19)23-2)15(25-17-12)26(3,20)21/h4-6H,7H2,1-3H3. The van der Waals surface area contributed by atoms with Gasteiger partial charge in [0.2, 0.25) is 5.88 Å². The Balaban J connectivity index is 2.35. The van der Waals surface area contributed by atoms with Gasteiger partial charge in [-0.3, -0.25) is 0 Å². The normalized spacial score (nSPS) is 11.1. The predicted octanol–water partition coefficient (Wildman–Crippen LogP) is 1.84. The van der Waals surface area contributed by atoms with Crippen molar-refractivity contribution in [1.29, 1.82) is 0 Å². The molecule has 2 aromatic rings. The van der Waals surface area contributed by atoms with E-state index in [0.29, 0.717) is 11.5 Å². The van der Waals surface area contributed by atoms with Gasteiger partial charge in [0.15, 0.2) is 19.6 Å². The van der Waals surface area contributed by atoms with Gasteiger partial charge in [-0.2, -0.15) is 4.37 Å². The molecule has 0 atom stereocenters. The fraction of sp³-hybridized carbons (Fsp3) is 0.267. The molecule has 0 aliphatic heterocycles. The Hall–Kier alpha value is -2.53. The summed E-state index contributed by atoms with van der Waals surface area (Å²) in [4.78, 5) is 23.4. The monoisotopic (exact) mass is 403 g/mol. The first-order valence-corrected chi connectivity index (χ1v) is 9.63. The van der Waals surface area contributed by atoms with E-state index in [1.165, 1.54) is 19.2 Å². The molecule has 0 spiro atoms. The van der Waals surface area contributed by atoms with Crippen LogP contribution < -0.4 is 4.74 Å². The molecule has 26 heavy (non-hydrogen) atoms. The zero-order valence-electron chi connectivity index (χ0n) is 13.9. The molecule has 0 unspecified atom stereocenters. The minimum absolute atomic E-state index is 0.00220. The third-order valence-electron chi connectivity index (χ3n) is 3.19. The number of nitrogens with zero attached hydrogens (tertiary/aromatic N) is 1. The molecule has 2 rings (SSSR count). The minimum atomic E-state index is -3.74. The average Bonchev–Trinajstić information content (AvgIpc) is 3.04. The minimum Gasteiger partial charge on any atom is -0.471 e. The number of carbonyl (C=O) groups excluding carboxylic acids is 2. The third-order valence-corrected chi connectivity index (χ3v) is 5.82. The molecule has 0 saturated carbocycles. The molecule has 8 nitrogen and oxygen atoms in total. The smallest absolute Gasteiger partial charge is 0.345 e. The van der Waals surface area contributed by atoms with Crippen LogP contribution in [0.5, 0.6) is 5.88 Å². The molecule has 0 saturated heterocycles. The summed E-state index contributed by atoms with van der Waals surface area (Å²) in [6, 6.07) is 3.53. The predicted molar refractivity (Wildman–Crippen MR) is 88.6 cm³/mol. The first-order chi connectivity index (χ1) is 12.2. The maximum Gasteiger partial charge on any atom is 0.345 e. The van der Waals surface area contributed by atoms with Crippen LogP contribution in [0.4, 0.5) is 4.39 Å². The number of hydrogen-bond donors (Lipinski definition) is 0. The molecule has 11 heteroatoms. The second kappa shape index (κ2) is 7.79. The molecular weight excluding hydrogens is 389 g/mol. The van der Waals surface area contributed by atoms with Gasteiger partial charge in [0.05, 0.1) is 19.8 Å². The van der Waals surface area contributed by atoms with E-state index < -0.39 is 34.2 Å². The Morgan fingerprint density at radius 1 is 1.19 bits per heavy atom. The van der Waals surface area contributed by atoms with Gasteiger partial charge in [-0.05, 0) is 29.7 Å². The zero-order chi connectivity index (χ0) is 19.5. The van der Waals surface area contributed by atoms with Crippen molar-refractivity contribution < 1.29 is 36.6 Å². The number of methoxy groups -OCH3 is 2. The number of rotatable bonds is 6. The van der Waals surface area contributed by atoms with Crippen LogP contribution in [0.3, 0.4) is 0 Å². The number of ether oxygens (including phenoxy) is 3. The van der Waals surface area contributed by atoms with Gasteiger partial charge in [-0.1, -0.05) is 0 Å². The highest BCUT2D eigenvalue weighted by molar-refractivity contribution is 7.92. The fourth-order valence-electron chi connectivity index (χ4n) is 1.96. The van der Waals surface area contributed by atoms with Gasteiger partial charge >= 0.3 is 11.9 Å². The van der Waals surface area contributed by atoms with Crippen molar-refractivity contribution in [3.8, 4) is 5.88 Å². The number of benzene rings is 1. The molecule has 1 aromatic carbocycles. The summed E-state index contributed by atoms with van der Waals surface area (Å²) in [6.45, 7) is -0.395.